The van der Waals surface area contributed by atoms with Crippen LogP contribution in [0.3, 0.4) is 0 Å². The van der Waals surface area contributed by atoms with Crippen molar-refractivity contribution in [1.82, 2.24) is 0 Å². The third-order valence-corrected chi connectivity index (χ3v) is 3.67. The van der Waals surface area contributed by atoms with Crippen molar-refractivity contribution >= 4 is 46.4 Å². The van der Waals surface area contributed by atoms with Crippen molar-refractivity contribution in [1.29, 1.82) is 0 Å². The number of anilines is 1. The number of nitrogens with one attached hydrogen (secondary N) is 1. The van der Waals surface area contributed by atoms with Crippen LogP contribution >= 0.6 is 34.8 Å². The first-order valence-electron chi connectivity index (χ1n) is 6.14. The first-order valence-corrected chi connectivity index (χ1v) is 7.27. The molecule has 21 heavy (non-hydrogen) atoms. The third-order valence-electron chi connectivity index (χ3n) is 2.68. The second-order valence-electron chi connectivity index (χ2n) is 4.33. The fraction of sp³-hybridized carbons (Fsp3) is 0.133. The van der Waals surface area contributed by atoms with Gasteiger partial charge in [0.2, 0.25) is 0 Å². The van der Waals surface area contributed by atoms with Gasteiger partial charge < -0.3 is 10.1 Å². The highest BCUT2D eigenvalue weighted by atomic mass is 35.5. The Morgan fingerprint density at radius 3 is 2.33 bits per heavy atom. The van der Waals surface area contributed by atoms with Crippen LogP contribution in [0.15, 0.2) is 42.5 Å². The summed E-state index contributed by atoms with van der Waals surface area (Å²) in [7, 11) is 0. The van der Waals surface area contributed by atoms with Gasteiger partial charge in [-0.15, -0.1) is 0 Å². The summed E-state index contributed by atoms with van der Waals surface area (Å²) in [6.45, 7) is 1.65. The number of hydrogen-bond acceptors (Lipinski definition) is 2. The minimum absolute atomic E-state index is 0.289. The zero-order chi connectivity index (χ0) is 15.4. The van der Waals surface area contributed by atoms with Crippen LogP contribution in [0.5, 0.6) is 5.75 Å². The van der Waals surface area contributed by atoms with E-state index >= 15 is 0 Å². The van der Waals surface area contributed by atoms with E-state index in [4.69, 9.17) is 39.5 Å². The highest BCUT2D eigenvalue weighted by Crippen LogP contribution is 2.25. The van der Waals surface area contributed by atoms with Crippen molar-refractivity contribution in [2.24, 2.45) is 0 Å². The normalized spacial score (nSPS) is 11.8. The summed E-state index contributed by atoms with van der Waals surface area (Å²) < 4.78 is 5.53. The average Bonchev–Trinajstić information content (AvgIpc) is 2.45. The van der Waals surface area contributed by atoms with Crippen LogP contribution in [0.1, 0.15) is 6.92 Å². The molecule has 1 atom stereocenters. The van der Waals surface area contributed by atoms with E-state index < -0.39 is 6.10 Å². The van der Waals surface area contributed by atoms with E-state index in [0.717, 1.165) is 0 Å². The maximum atomic E-state index is 12.0. The maximum Gasteiger partial charge on any atom is 0.265 e. The van der Waals surface area contributed by atoms with Gasteiger partial charge in [-0.2, -0.15) is 0 Å². The molecule has 110 valence electrons. The molecule has 0 aliphatic heterocycles. The SMILES string of the molecule is C[C@@H](Oc1ccc(Cl)cc1)C(=O)Nc1ccc(Cl)c(Cl)c1. The topological polar surface area (TPSA) is 38.3 Å². The van der Waals surface area contributed by atoms with Crippen molar-refractivity contribution in [2.75, 3.05) is 5.32 Å². The Balaban J connectivity index is 1.98. The maximum absolute atomic E-state index is 12.0. The van der Waals surface area contributed by atoms with Crippen molar-refractivity contribution in [2.45, 2.75) is 13.0 Å². The van der Waals surface area contributed by atoms with Gasteiger partial charge in [-0.3, -0.25) is 4.79 Å². The standard InChI is InChI=1S/C15H12Cl3NO2/c1-9(21-12-5-2-10(16)3-6-12)15(20)19-11-4-7-13(17)14(18)8-11/h2-9H,1H3,(H,19,20)/t9-/m1/s1. The lowest BCUT2D eigenvalue weighted by molar-refractivity contribution is -0.122. The summed E-state index contributed by atoms with van der Waals surface area (Å²) in [6, 6.07) is 11.7. The first kappa shape index (κ1) is 16.0. The predicted molar refractivity (Wildman–Crippen MR) is 86.6 cm³/mol. The van der Waals surface area contributed by atoms with Crippen LogP contribution in [0.4, 0.5) is 5.69 Å². The number of carbonyl (C=O) groups excluding carboxylic acids is 1. The lowest BCUT2D eigenvalue weighted by Crippen LogP contribution is -2.30. The molecule has 0 aromatic heterocycles. The molecule has 6 heteroatoms. The predicted octanol–water partition coefficient (Wildman–Crippen LogP) is 5.05. The van der Waals surface area contributed by atoms with Gasteiger partial charge in [-0.05, 0) is 49.4 Å². The number of halogens is 3. The summed E-state index contributed by atoms with van der Waals surface area (Å²) in [4.78, 5) is 12.0. The van der Waals surface area contributed by atoms with E-state index in [2.05, 4.69) is 5.32 Å². The van der Waals surface area contributed by atoms with Gasteiger partial charge in [0.1, 0.15) is 5.75 Å². The summed E-state index contributed by atoms with van der Waals surface area (Å²) in [5, 5.41) is 4.12. The van der Waals surface area contributed by atoms with Gasteiger partial charge in [0, 0.05) is 10.7 Å². The second-order valence-corrected chi connectivity index (χ2v) is 5.58. The largest absolute Gasteiger partial charge is 0.481 e. The van der Waals surface area contributed by atoms with Gasteiger partial charge in [0.25, 0.3) is 5.91 Å². The molecule has 0 aliphatic carbocycles. The van der Waals surface area contributed by atoms with Gasteiger partial charge in [0.15, 0.2) is 6.10 Å². The number of carbonyl (C=O) groups is 1. The number of rotatable bonds is 4. The van der Waals surface area contributed by atoms with E-state index in [1.54, 1.807) is 49.4 Å². The van der Waals surface area contributed by atoms with E-state index in [9.17, 15) is 4.79 Å². The Kier molecular flexibility index (Phi) is 5.34. The molecule has 0 bridgehead atoms. The summed E-state index contributed by atoms with van der Waals surface area (Å²) in [6.07, 6.45) is -0.666. The van der Waals surface area contributed by atoms with E-state index in [-0.39, 0.29) is 5.91 Å². The summed E-state index contributed by atoms with van der Waals surface area (Å²) in [5.74, 6) is 0.277. The van der Waals surface area contributed by atoms with E-state index in [0.29, 0.717) is 26.5 Å². The fourth-order valence-electron chi connectivity index (χ4n) is 1.59. The zero-order valence-corrected chi connectivity index (χ0v) is 13.3. The van der Waals surface area contributed by atoms with Crippen LogP contribution in [0.25, 0.3) is 0 Å². The molecular formula is C15H12Cl3NO2. The third kappa shape index (κ3) is 4.53. The molecule has 0 heterocycles. The quantitative estimate of drug-likeness (QED) is 0.842. The van der Waals surface area contributed by atoms with Crippen molar-refractivity contribution < 1.29 is 9.53 Å². The molecule has 3 nitrogen and oxygen atoms in total. The van der Waals surface area contributed by atoms with Crippen LogP contribution < -0.4 is 10.1 Å². The molecule has 2 rings (SSSR count). The number of hydrogen-bond donors (Lipinski definition) is 1. The molecule has 0 spiro atoms. The fourth-order valence-corrected chi connectivity index (χ4v) is 2.01. The first-order chi connectivity index (χ1) is 9.95. The molecule has 0 saturated heterocycles. The molecule has 0 radical (unpaired) electrons. The minimum Gasteiger partial charge on any atom is -0.481 e. The molecule has 2 aromatic rings. The van der Waals surface area contributed by atoms with Crippen molar-refractivity contribution in [3.8, 4) is 5.75 Å². The Bertz CT molecular complexity index is 644. The lowest BCUT2D eigenvalue weighted by atomic mass is 10.3. The Morgan fingerprint density at radius 1 is 1.05 bits per heavy atom. The van der Waals surface area contributed by atoms with E-state index in [1.807, 2.05) is 0 Å². The minimum atomic E-state index is -0.666. The molecule has 2 aromatic carbocycles. The molecule has 0 fully saturated rings. The second kappa shape index (κ2) is 7.03. The highest BCUT2D eigenvalue weighted by molar-refractivity contribution is 6.42. The van der Waals surface area contributed by atoms with Crippen LogP contribution in [0, 0.1) is 0 Å². The van der Waals surface area contributed by atoms with Crippen LogP contribution in [-0.2, 0) is 4.79 Å². The molecule has 0 saturated carbocycles. The average molecular weight is 345 g/mol. The van der Waals surface area contributed by atoms with Crippen molar-refractivity contribution in [3.63, 3.8) is 0 Å². The molecule has 1 N–H and O–H groups in total. The van der Waals surface area contributed by atoms with E-state index in [1.165, 1.54) is 0 Å². The smallest absolute Gasteiger partial charge is 0.265 e. The Hall–Kier alpha value is -1.42. The Labute approximate surface area is 137 Å². The number of ether oxygens (including phenoxy) is 1. The highest BCUT2D eigenvalue weighted by Gasteiger charge is 2.15. The number of amides is 1. The van der Waals surface area contributed by atoms with Gasteiger partial charge in [0.05, 0.1) is 10.0 Å². The molecule has 0 aliphatic rings. The van der Waals surface area contributed by atoms with Crippen LogP contribution in [-0.4, -0.2) is 12.0 Å². The molecular weight excluding hydrogens is 333 g/mol. The summed E-state index contributed by atoms with van der Waals surface area (Å²) in [5.41, 5.74) is 0.556. The summed E-state index contributed by atoms with van der Waals surface area (Å²) >= 11 is 17.5. The molecule has 0 unspecified atom stereocenters. The number of benzene rings is 2. The monoisotopic (exact) mass is 343 g/mol. The van der Waals surface area contributed by atoms with Crippen molar-refractivity contribution in [3.05, 3.63) is 57.5 Å². The van der Waals surface area contributed by atoms with Crippen LogP contribution in [0.2, 0.25) is 15.1 Å². The Morgan fingerprint density at radius 2 is 1.71 bits per heavy atom. The molecule has 1 amide bonds. The zero-order valence-electron chi connectivity index (χ0n) is 11.1. The lowest BCUT2D eigenvalue weighted by Gasteiger charge is -2.15. The van der Waals surface area contributed by atoms with Gasteiger partial charge in [-0.1, -0.05) is 34.8 Å². The van der Waals surface area contributed by atoms with Gasteiger partial charge in [-0.25, -0.2) is 0 Å². The van der Waals surface area contributed by atoms with Gasteiger partial charge >= 0.3 is 0 Å².